The van der Waals surface area contributed by atoms with Crippen molar-refractivity contribution < 1.29 is 9.59 Å². The lowest BCUT2D eigenvalue weighted by molar-refractivity contribution is -0.117. The number of carbonyl (C=O) groups is 2. The van der Waals surface area contributed by atoms with Crippen molar-refractivity contribution in [2.45, 2.75) is 13.3 Å². The van der Waals surface area contributed by atoms with Crippen molar-refractivity contribution in [3.05, 3.63) is 58.6 Å². The summed E-state index contributed by atoms with van der Waals surface area (Å²) < 4.78 is 0. The van der Waals surface area contributed by atoms with Crippen LogP contribution >= 0.6 is 23.2 Å². The van der Waals surface area contributed by atoms with Crippen molar-refractivity contribution in [2.75, 3.05) is 16.8 Å². The zero-order chi connectivity index (χ0) is 16.8. The standard InChI is InChI=1S/C17H16Cl2N2O2/c1-12(22)21(13-6-3-2-4-7-13)11-10-16(23)20-17-14(18)8-5-9-15(17)19/h2-9H,10-11H2,1H3,(H,20,23). The second-order valence-corrected chi connectivity index (χ2v) is 5.72. The molecule has 0 saturated carbocycles. The summed E-state index contributed by atoms with van der Waals surface area (Å²) in [6.07, 6.45) is 0.135. The lowest BCUT2D eigenvalue weighted by atomic mass is 10.2. The Hall–Kier alpha value is -2.04. The van der Waals surface area contributed by atoms with Gasteiger partial charge in [0.1, 0.15) is 0 Å². The number of para-hydroxylation sites is 2. The van der Waals surface area contributed by atoms with E-state index in [0.29, 0.717) is 15.7 Å². The molecule has 4 nitrogen and oxygen atoms in total. The lowest BCUT2D eigenvalue weighted by Crippen LogP contribution is -2.31. The highest BCUT2D eigenvalue weighted by Crippen LogP contribution is 2.29. The second-order valence-electron chi connectivity index (χ2n) is 4.90. The van der Waals surface area contributed by atoms with Gasteiger partial charge in [-0.05, 0) is 24.3 Å². The maximum absolute atomic E-state index is 12.1. The smallest absolute Gasteiger partial charge is 0.226 e. The number of rotatable bonds is 5. The first-order valence-corrected chi connectivity index (χ1v) is 7.81. The van der Waals surface area contributed by atoms with Crippen molar-refractivity contribution in [1.82, 2.24) is 0 Å². The van der Waals surface area contributed by atoms with Crippen LogP contribution in [0.5, 0.6) is 0 Å². The SMILES string of the molecule is CC(=O)N(CCC(=O)Nc1c(Cl)cccc1Cl)c1ccccc1. The van der Waals surface area contributed by atoms with E-state index in [2.05, 4.69) is 5.32 Å². The van der Waals surface area contributed by atoms with Crippen LogP contribution in [0.1, 0.15) is 13.3 Å². The number of carbonyl (C=O) groups excluding carboxylic acids is 2. The van der Waals surface area contributed by atoms with Crippen LogP contribution in [0.25, 0.3) is 0 Å². The zero-order valence-electron chi connectivity index (χ0n) is 12.6. The van der Waals surface area contributed by atoms with Crippen LogP contribution in [0.3, 0.4) is 0 Å². The van der Waals surface area contributed by atoms with Gasteiger partial charge in [-0.1, -0.05) is 47.5 Å². The van der Waals surface area contributed by atoms with E-state index in [1.165, 1.54) is 6.92 Å². The minimum atomic E-state index is -0.262. The van der Waals surface area contributed by atoms with Gasteiger partial charge >= 0.3 is 0 Å². The van der Waals surface area contributed by atoms with Crippen LogP contribution in [0.15, 0.2) is 48.5 Å². The number of halogens is 2. The lowest BCUT2D eigenvalue weighted by Gasteiger charge is -2.21. The molecule has 1 N–H and O–H groups in total. The van der Waals surface area contributed by atoms with Gasteiger partial charge < -0.3 is 10.2 Å². The molecule has 0 aliphatic heterocycles. The number of amides is 2. The van der Waals surface area contributed by atoms with Crippen molar-refractivity contribution in [1.29, 1.82) is 0 Å². The molecular formula is C17H16Cl2N2O2. The van der Waals surface area contributed by atoms with Gasteiger partial charge in [-0.15, -0.1) is 0 Å². The van der Waals surface area contributed by atoms with Gasteiger partial charge in [-0.2, -0.15) is 0 Å². The molecule has 2 rings (SSSR count). The van der Waals surface area contributed by atoms with Crippen molar-refractivity contribution in [3.8, 4) is 0 Å². The Labute approximate surface area is 145 Å². The maximum Gasteiger partial charge on any atom is 0.226 e. The Bertz CT molecular complexity index is 685. The molecule has 0 unspecified atom stereocenters. The minimum absolute atomic E-state index is 0.125. The number of nitrogens with one attached hydrogen (secondary N) is 1. The van der Waals surface area contributed by atoms with E-state index in [-0.39, 0.29) is 24.8 Å². The first-order chi connectivity index (χ1) is 11.0. The van der Waals surface area contributed by atoms with E-state index in [9.17, 15) is 9.59 Å². The quantitative estimate of drug-likeness (QED) is 0.869. The van der Waals surface area contributed by atoms with Crippen molar-refractivity contribution >= 4 is 46.4 Å². The van der Waals surface area contributed by atoms with E-state index >= 15 is 0 Å². The van der Waals surface area contributed by atoms with Gasteiger partial charge in [0.15, 0.2) is 0 Å². The summed E-state index contributed by atoms with van der Waals surface area (Å²) >= 11 is 12.0. The van der Waals surface area contributed by atoms with E-state index in [0.717, 1.165) is 5.69 Å². The molecule has 0 radical (unpaired) electrons. The highest BCUT2D eigenvalue weighted by molar-refractivity contribution is 6.39. The second kappa shape index (κ2) is 7.99. The Morgan fingerprint density at radius 3 is 2.17 bits per heavy atom. The average molecular weight is 351 g/mol. The number of benzene rings is 2. The van der Waals surface area contributed by atoms with Crippen LogP contribution in [0.4, 0.5) is 11.4 Å². The Balaban J connectivity index is 2.01. The monoisotopic (exact) mass is 350 g/mol. The van der Waals surface area contributed by atoms with Gasteiger partial charge in [-0.25, -0.2) is 0 Å². The molecule has 0 aromatic heterocycles. The maximum atomic E-state index is 12.1. The number of hydrogen-bond acceptors (Lipinski definition) is 2. The van der Waals surface area contributed by atoms with Crippen LogP contribution in [0, 0.1) is 0 Å². The Morgan fingerprint density at radius 2 is 1.61 bits per heavy atom. The van der Waals surface area contributed by atoms with E-state index in [1.807, 2.05) is 30.3 Å². The third kappa shape index (κ3) is 4.71. The molecule has 0 atom stereocenters. The van der Waals surface area contributed by atoms with Crippen LogP contribution in [0.2, 0.25) is 10.0 Å². The first-order valence-electron chi connectivity index (χ1n) is 7.06. The molecule has 0 fully saturated rings. The highest BCUT2D eigenvalue weighted by Gasteiger charge is 2.14. The van der Waals surface area contributed by atoms with Crippen LogP contribution in [-0.4, -0.2) is 18.4 Å². The molecule has 0 spiro atoms. The zero-order valence-corrected chi connectivity index (χ0v) is 14.1. The fraction of sp³-hybridized carbons (Fsp3) is 0.176. The molecule has 0 aliphatic rings. The number of anilines is 2. The summed E-state index contributed by atoms with van der Waals surface area (Å²) in [5.74, 6) is -0.387. The Morgan fingerprint density at radius 1 is 1.00 bits per heavy atom. The molecule has 2 amide bonds. The van der Waals surface area contributed by atoms with Gasteiger partial charge in [0.25, 0.3) is 0 Å². The van der Waals surface area contributed by atoms with Gasteiger partial charge in [0.05, 0.1) is 15.7 Å². The van der Waals surface area contributed by atoms with Gasteiger partial charge in [-0.3, -0.25) is 9.59 Å². The molecular weight excluding hydrogens is 335 g/mol. The minimum Gasteiger partial charge on any atom is -0.323 e. The molecule has 0 heterocycles. The topological polar surface area (TPSA) is 49.4 Å². The summed E-state index contributed by atoms with van der Waals surface area (Å²) in [5, 5.41) is 3.43. The number of hydrogen-bond donors (Lipinski definition) is 1. The van der Waals surface area contributed by atoms with Crippen molar-refractivity contribution in [3.63, 3.8) is 0 Å². The molecule has 120 valence electrons. The predicted octanol–water partition coefficient (Wildman–Crippen LogP) is 4.38. The fourth-order valence-corrected chi connectivity index (χ4v) is 2.60. The van der Waals surface area contributed by atoms with Crippen LogP contribution < -0.4 is 10.2 Å². The summed E-state index contributed by atoms with van der Waals surface area (Å²) in [5.41, 5.74) is 1.14. The largest absolute Gasteiger partial charge is 0.323 e. The first kappa shape index (κ1) is 17.3. The number of nitrogens with zero attached hydrogens (tertiary/aromatic N) is 1. The van der Waals surface area contributed by atoms with Crippen LogP contribution in [-0.2, 0) is 9.59 Å². The van der Waals surface area contributed by atoms with E-state index < -0.39 is 0 Å². The summed E-state index contributed by atoms with van der Waals surface area (Å²) in [4.78, 5) is 25.4. The predicted molar refractivity (Wildman–Crippen MR) is 94.2 cm³/mol. The third-order valence-corrected chi connectivity index (χ3v) is 3.87. The third-order valence-electron chi connectivity index (χ3n) is 3.24. The van der Waals surface area contributed by atoms with Gasteiger partial charge in [0, 0.05) is 25.6 Å². The molecule has 0 saturated heterocycles. The van der Waals surface area contributed by atoms with Crippen molar-refractivity contribution in [2.24, 2.45) is 0 Å². The summed E-state index contributed by atoms with van der Waals surface area (Å²) in [6, 6.07) is 14.2. The van der Waals surface area contributed by atoms with Gasteiger partial charge in [0.2, 0.25) is 11.8 Å². The normalized spacial score (nSPS) is 10.2. The molecule has 0 aliphatic carbocycles. The highest BCUT2D eigenvalue weighted by atomic mass is 35.5. The molecule has 6 heteroatoms. The molecule has 0 bridgehead atoms. The summed E-state index contributed by atoms with van der Waals surface area (Å²) in [7, 11) is 0. The Kier molecular flexibility index (Phi) is 6.02. The summed E-state index contributed by atoms with van der Waals surface area (Å²) in [6.45, 7) is 1.74. The molecule has 2 aromatic rings. The average Bonchev–Trinajstić information content (AvgIpc) is 2.52. The van der Waals surface area contributed by atoms with E-state index in [1.54, 1.807) is 23.1 Å². The van der Waals surface area contributed by atoms with E-state index in [4.69, 9.17) is 23.2 Å². The molecule has 2 aromatic carbocycles. The fourth-order valence-electron chi connectivity index (χ4n) is 2.11. The molecule has 23 heavy (non-hydrogen) atoms.